The first kappa shape index (κ1) is 27.8. The first-order valence-electron chi connectivity index (χ1n) is 15.4. The fourth-order valence-electron chi connectivity index (χ4n) is 7.48. The van der Waals surface area contributed by atoms with E-state index in [0.717, 1.165) is 18.2 Å². The summed E-state index contributed by atoms with van der Waals surface area (Å²) in [5.41, 5.74) is 0.264. The van der Waals surface area contributed by atoms with Gasteiger partial charge in [0, 0.05) is 61.7 Å². The molecule has 44 heavy (non-hydrogen) atoms. The third-order valence-electron chi connectivity index (χ3n) is 10.1. The molecule has 4 fully saturated rings. The van der Waals surface area contributed by atoms with Crippen molar-refractivity contribution in [1.82, 2.24) is 19.9 Å². The van der Waals surface area contributed by atoms with Crippen LogP contribution < -0.4 is 9.64 Å². The van der Waals surface area contributed by atoms with Gasteiger partial charge in [0.05, 0.1) is 12.0 Å². The molecule has 3 unspecified atom stereocenters. The molecule has 4 aromatic rings. The summed E-state index contributed by atoms with van der Waals surface area (Å²) in [6.07, 6.45) is 3.94. The first-order chi connectivity index (χ1) is 21.2. The van der Waals surface area contributed by atoms with Gasteiger partial charge in [-0.2, -0.15) is 9.97 Å². The van der Waals surface area contributed by atoms with Crippen LogP contribution in [-0.4, -0.2) is 76.4 Å². The molecule has 3 atom stereocenters. The number of ether oxygens (including phenoxy) is 1. The van der Waals surface area contributed by atoms with Crippen molar-refractivity contribution in [3.8, 4) is 23.0 Å². The van der Waals surface area contributed by atoms with Crippen LogP contribution >= 0.6 is 0 Å². The smallest absolute Gasteiger partial charge is 0.319 e. The summed E-state index contributed by atoms with van der Waals surface area (Å²) in [5, 5.41) is 12.2. The average Bonchev–Trinajstić information content (AvgIpc) is 3.64. The molecule has 7 nitrogen and oxygen atoms in total. The number of piperidine rings is 1. The van der Waals surface area contributed by atoms with E-state index in [4.69, 9.17) is 4.74 Å². The normalized spacial score (nSPS) is 25.6. The van der Waals surface area contributed by atoms with E-state index >= 15 is 4.39 Å². The first-order valence-corrected chi connectivity index (χ1v) is 15.4. The van der Waals surface area contributed by atoms with Crippen LogP contribution in [0.5, 0.6) is 11.8 Å². The van der Waals surface area contributed by atoms with E-state index < -0.39 is 29.7 Å². The number of hydrogen-bond acceptors (Lipinski definition) is 7. The Hall–Kier alpha value is -3.73. The highest BCUT2D eigenvalue weighted by Crippen LogP contribution is 2.50. The molecule has 11 heteroatoms. The summed E-state index contributed by atoms with van der Waals surface area (Å²) in [6, 6.07) is 10.4. The van der Waals surface area contributed by atoms with Crippen molar-refractivity contribution in [1.29, 1.82) is 0 Å². The molecule has 0 spiro atoms. The Balaban J connectivity index is 1.19. The summed E-state index contributed by atoms with van der Waals surface area (Å²) in [7, 11) is 0. The molecule has 2 saturated heterocycles. The van der Waals surface area contributed by atoms with Crippen LogP contribution in [-0.2, 0) is 0 Å². The SMILES string of the molecule is Oc1cc(-c2ncc3c(N4CC5CCC(C4)C5(F)F)nc(OCC4(CN5CCC(F)C5)CC4)nc3c2F)c2ccccc2c1. The van der Waals surface area contributed by atoms with Gasteiger partial charge in [-0.15, -0.1) is 0 Å². The van der Waals surface area contributed by atoms with Crippen molar-refractivity contribution < 1.29 is 27.4 Å². The van der Waals surface area contributed by atoms with Crippen molar-refractivity contribution in [2.75, 3.05) is 44.2 Å². The standard InChI is InChI=1S/C33H33F4N5O2/c34-22-7-10-41(16-22)17-32(8-9-32)18-44-31-39-29-26(30(40-31)42-14-20-5-6-21(15-42)33(20,36)37)13-38-28(27(29)35)25-12-23(43)11-19-3-1-2-4-24(19)25/h1-4,11-13,20-22,43H,5-10,14-18H2. The Morgan fingerprint density at radius 1 is 0.977 bits per heavy atom. The lowest BCUT2D eigenvalue weighted by atomic mass is 9.93. The van der Waals surface area contributed by atoms with Crippen LogP contribution in [0.3, 0.4) is 0 Å². The third kappa shape index (κ3) is 4.71. The molecular formula is C33H33F4N5O2. The van der Waals surface area contributed by atoms with E-state index in [9.17, 15) is 18.3 Å². The predicted molar refractivity (Wildman–Crippen MR) is 158 cm³/mol. The lowest BCUT2D eigenvalue weighted by Crippen LogP contribution is -2.49. The molecule has 2 aromatic heterocycles. The molecule has 8 rings (SSSR count). The molecule has 2 saturated carbocycles. The molecule has 1 N–H and O–H groups in total. The number of phenols is 1. The average molecular weight is 608 g/mol. The number of aromatic nitrogens is 3. The van der Waals surface area contributed by atoms with Crippen LogP contribution in [0.15, 0.2) is 42.6 Å². The molecule has 230 valence electrons. The van der Waals surface area contributed by atoms with Crippen LogP contribution in [0.25, 0.3) is 32.9 Å². The number of hydrogen-bond donors (Lipinski definition) is 1. The van der Waals surface area contributed by atoms with Gasteiger partial charge in [-0.05, 0) is 55.0 Å². The fourth-order valence-corrected chi connectivity index (χ4v) is 7.48. The molecule has 2 bridgehead atoms. The number of fused-ring (bicyclic) bond motifs is 4. The van der Waals surface area contributed by atoms with Gasteiger partial charge in [0.25, 0.3) is 5.92 Å². The highest BCUT2D eigenvalue weighted by atomic mass is 19.3. The Morgan fingerprint density at radius 3 is 2.48 bits per heavy atom. The number of anilines is 1. The van der Waals surface area contributed by atoms with Crippen LogP contribution in [0.2, 0.25) is 0 Å². The summed E-state index contributed by atoms with van der Waals surface area (Å²) in [6.45, 7) is 2.34. The Bertz CT molecular complexity index is 1750. The molecule has 2 aliphatic heterocycles. The Labute approximate surface area is 251 Å². The zero-order chi connectivity index (χ0) is 30.2. The lowest BCUT2D eigenvalue weighted by molar-refractivity contribution is -0.0830. The molecular weight excluding hydrogens is 574 g/mol. The van der Waals surface area contributed by atoms with E-state index in [1.54, 1.807) is 11.0 Å². The maximum atomic E-state index is 16.6. The molecule has 2 aromatic carbocycles. The molecule has 4 aliphatic rings. The van der Waals surface area contributed by atoms with Gasteiger partial charge in [-0.1, -0.05) is 24.3 Å². The summed E-state index contributed by atoms with van der Waals surface area (Å²) in [5.74, 6) is -4.74. The van der Waals surface area contributed by atoms with E-state index in [2.05, 4.69) is 19.9 Å². The summed E-state index contributed by atoms with van der Waals surface area (Å²) in [4.78, 5) is 17.6. The van der Waals surface area contributed by atoms with E-state index in [0.29, 0.717) is 67.7 Å². The molecule has 0 radical (unpaired) electrons. The zero-order valence-corrected chi connectivity index (χ0v) is 24.2. The number of likely N-dealkylation sites (tertiary alicyclic amines) is 1. The number of pyridine rings is 1. The van der Waals surface area contributed by atoms with Gasteiger partial charge in [0.1, 0.15) is 28.9 Å². The highest BCUT2D eigenvalue weighted by molar-refractivity contribution is 5.99. The van der Waals surface area contributed by atoms with Gasteiger partial charge in [0.2, 0.25) is 0 Å². The van der Waals surface area contributed by atoms with Crippen molar-refractivity contribution in [3.05, 3.63) is 48.4 Å². The lowest BCUT2D eigenvalue weighted by Gasteiger charge is -2.38. The number of phenolic OH excluding ortho intramolecular Hbond substituents is 1. The van der Waals surface area contributed by atoms with Gasteiger partial charge in [0.15, 0.2) is 5.82 Å². The van der Waals surface area contributed by atoms with E-state index in [1.165, 1.54) is 12.3 Å². The van der Waals surface area contributed by atoms with Gasteiger partial charge in [-0.25, -0.2) is 17.6 Å². The minimum absolute atomic E-state index is 0.0129. The van der Waals surface area contributed by atoms with Crippen molar-refractivity contribution in [3.63, 3.8) is 0 Å². The zero-order valence-electron chi connectivity index (χ0n) is 24.2. The maximum Gasteiger partial charge on any atom is 0.319 e. The van der Waals surface area contributed by atoms with Crippen molar-refractivity contribution >= 4 is 27.5 Å². The van der Waals surface area contributed by atoms with E-state index in [-0.39, 0.29) is 41.5 Å². The van der Waals surface area contributed by atoms with Crippen molar-refractivity contribution in [2.24, 2.45) is 17.3 Å². The quantitative estimate of drug-likeness (QED) is 0.245. The van der Waals surface area contributed by atoms with Crippen molar-refractivity contribution in [2.45, 2.75) is 44.2 Å². The molecule has 4 heterocycles. The second-order valence-electron chi connectivity index (χ2n) is 13.2. The molecule has 0 amide bonds. The number of aromatic hydroxyl groups is 1. The largest absolute Gasteiger partial charge is 0.508 e. The number of benzene rings is 2. The van der Waals surface area contributed by atoms with Gasteiger partial charge in [-0.3, -0.25) is 9.88 Å². The predicted octanol–water partition coefficient (Wildman–Crippen LogP) is 6.37. The minimum atomic E-state index is -2.74. The number of halogens is 4. The van der Waals surface area contributed by atoms with Gasteiger partial charge >= 0.3 is 6.01 Å². The summed E-state index contributed by atoms with van der Waals surface area (Å²) < 4.78 is 66.2. The van der Waals surface area contributed by atoms with Crippen LogP contribution in [0, 0.1) is 23.1 Å². The number of alkyl halides is 3. The number of rotatable bonds is 7. The molecule has 2 aliphatic carbocycles. The van der Waals surface area contributed by atoms with Crippen LogP contribution in [0.4, 0.5) is 23.4 Å². The minimum Gasteiger partial charge on any atom is -0.508 e. The fraction of sp³-hybridized carbons (Fsp3) is 0.485. The summed E-state index contributed by atoms with van der Waals surface area (Å²) >= 11 is 0. The highest BCUT2D eigenvalue weighted by Gasteiger charge is 2.56. The third-order valence-corrected chi connectivity index (χ3v) is 10.1. The Morgan fingerprint density at radius 2 is 1.75 bits per heavy atom. The number of nitrogens with zero attached hydrogens (tertiary/aromatic N) is 5. The van der Waals surface area contributed by atoms with Gasteiger partial charge < -0.3 is 14.7 Å². The topological polar surface area (TPSA) is 74.6 Å². The monoisotopic (exact) mass is 607 g/mol. The second kappa shape index (κ2) is 10.2. The Kier molecular flexibility index (Phi) is 6.41. The van der Waals surface area contributed by atoms with E-state index in [1.807, 2.05) is 24.3 Å². The maximum absolute atomic E-state index is 16.6. The second-order valence-corrected chi connectivity index (χ2v) is 13.2. The van der Waals surface area contributed by atoms with Crippen LogP contribution in [0.1, 0.15) is 32.1 Å².